The number of thiophene rings is 1. The maximum absolute atomic E-state index is 6.86. The smallest absolute Gasteiger partial charge is 0.163 e. The molecule has 8 aromatic carbocycles. The van der Waals surface area contributed by atoms with Crippen molar-refractivity contribution in [2.45, 2.75) is 12.3 Å². The second-order valence-corrected chi connectivity index (χ2v) is 16.9. The quantitative estimate of drug-likeness (QED) is 0.173. The molecule has 0 bridgehead atoms. The number of rotatable bonds is 5. The molecule has 13 rings (SSSR count). The molecular weight excluding hydrogens is 767 g/mol. The van der Waals surface area contributed by atoms with Gasteiger partial charge in [0.15, 0.2) is 11.6 Å². The molecule has 0 saturated heterocycles. The lowest BCUT2D eigenvalue weighted by Crippen LogP contribution is -2.32. The van der Waals surface area contributed by atoms with Crippen molar-refractivity contribution in [3.05, 3.63) is 198 Å². The van der Waals surface area contributed by atoms with E-state index in [-0.39, 0.29) is 5.92 Å². The Morgan fingerprint density at radius 1 is 0.459 bits per heavy atom. The van der Waals surface area contributed by atoms with Crippen molar-refractivity contribution in [1.82, 2.24) is 15.0 Å². The number of benzene rings is 8. The summed E-state index contributed by atoms with van der Waals surface area (Å²) in [5.74, 6) is 1.86. The van der Waals surface area contributed by atoms with Crippen molar-refractivity contribution < 1.29 is 8.83 Å². The molecule has 0 N–H and O–H groups in total. The van der Waals surface area contributed by atoms with E-state index in [4.69, 9.17) is 23.8 Å². The molecule has 61 heavy (non-hydrogen) atoms. The van der Waals surface area contributed by atoms with E-state index in [1.807, 2.05) is 47.7 Å². The Balaban J connectivity index is 0.960. The number of hydrogen-bond acceptors (Lipinski definition) is 6. The van der Waals surface area contributed by atoms with Gasteiger partial charge < -0.3 is 8.83 Å². The molecule has 0 saturated carbocycles. The highest BCUT2D eigenvalue weighted by Crippen LogP contribution is 2.43. The van der Waals surface area contributed by atoms with Crippen LogP contribution in [0.4, 0.5) is 0 Å². The molecule has 1 unspecified atom stereocenters. The molecule has 12 aromatic rings. The molecule has 0 fully saturated rings. The fraction of sp³-hybridized carbons (Fsp3) is 0.0364. The molecule has 4 aromatic heterocycles. The molecule has 0 radical (unpaired) electrons. The van der Waals surface area contributed by atoms with Gasteiger partial charge in [-0.25, -0.2) is 15.0 Å². The lowest BCUT2D eigenvalue weighted by atomic mass is 9.85. The van der Waals surface area contributed by atoms with E-state index < -0.39 is 0 Å². The maximum Gasteiger partial charge on any atom is 0.163 e. The molecule has 1 aliphatic rings. The maximum atomic E-state index is 6.86. The van der Waals surface area contributed by atoms with Gasteiger partial charge >= 0.3 is 0 Å². The zero-order valence-electron chi connectivity index (χ0n) is 32.7. The molecule has 0 aliphatic heterocycles. The van der Waals surface area contributed by atoms with Crippen molar-refractivity contribution in [3.63, 3.8) is 0 Å². The van der Waals surface area contributed by atoms with Gasteiger partial charge in [-0.1, -0.05) is 146 Å². The van der Waals surface area contributed by atoms with Gasteiger partial charge in [0, 0.05) is 64.3 Å². The van der Waals surface area contributed by atoms with Crippen molar-refractivity contribution in [3.8, 4) is 33.9 Å². The SMILES string of the molecule is C1=c2ccccc2=C(c2cccc3oc4c(-c5ccc6c(c5)sc5ccccc56)cccc4c23)CC1c1nc(-c2ccccc2)nc(-c2ccc3c(c2)oc2ccccc23)n1. The van der Waals surface area contributed by atoms with Crippen LogP contribution in [0.3, 0.4) is 0 Å². The van der Waals surface area contributed by atoms with Crippen LogP contribution in [0.25, 0.3) is 110 Å². The predicted molar refractivity (Wildman–Crippen MR) is 250 cm³/mol. The highest BCUT2D eigenvalue weighted by atomic mass is 32.1. The summed E-state index contributed by atoms with van der Waals surface area (Å²) in [5, 5.41) is 9.33. The van der Waals surface area contributed by atoms with Crippen LogP contribution in [0.1, 0.15) is 23.7 Å². The standard InChI is InChI=1S/C55H33N3O2S/c1-2-12-32(13-3-1)53-56-54(35-25-26-40-39-16-6-8-21-46(39)59-48(40)30-35)58-55(57-53)36-28-33-14-4-5-15-37(33)45(29-36)43-19-11-22-47-51(43)44-20-10-18-38(52(44)60-47)34-24-27-42-41-17-7-9-23-49(41)61-50(42)31-34/h1-28,30-31,36H,29H2. The third-order valence-electron chi connectivity index (χ3n) is 12.3. The average Bonchev–Trinajstić information content (AvgIpc) is 4.02. The van der Waals surface area contributed by atoms with Gasteiger partial charge in [-0.05, 0) is 70.0 Å². The molecule has 4 heterocycles. The Bertz CT molecular complexity index is 3880. The van der Waals surface area contributed by atoms with Gasteiger partial charge in [0.2, 0.25) is 0 Å². The molecule has 0 amide bonds. The van der Waals surface area contributed by atoms with Gasteiger partial charge in [0.25, 0.3) is 0 Å². The van der Waals surface area contributed by atoms with E-state index in [1.165, 1.54) is 31.0 Å². The normalized spacial score (nSPS) is 14.1. The Labute approximate surface area is 353 Å². The van der Waals surface area contributed by atoms with Crippen LogP contribution in [0.2, 0.25) is 0 Å². The molecule has 0 spiro atoms. The summed E-state index contributed by atoms with van der Waals surface area (Å²) in [6, 6.07) is 61.7. The summed E-state index contributed by atoms with van der Waals surface area (Å²) in [7, 11) is 0. The second-order valence-electron chi connectivity index (χ2n) is 15.8. The number of furan rings is 2. The number of nitrogens with zero attached hydrogens (tertiary/aromatic N) is 3. The summed E-state index contributed by atoms with van der Waals surface area (Å²) in [5.41, 5.74) is 9.88. The van der Waals surface area contributed by atoms with Crippen LogP contribution in [-0.2, 0) is 0 Å². The molecule has 1 atom stereocenters. The van der Waals surface area contributed by atoms with E-state index >= 15 is 0 Å². The van der Waals surface area contributed by atoms with Crippen molar-refractivity contribution >= 4 is 87.0 Å². The monoisotopic (exact) mass is 799 g/mol. The zero-order chi connectivity index (χ0) is 40.0. The first-order chi connectivity index (χ1) is 30.2. The predicted octanol–water partition coefficient (Wildman–Crippen LogP) is 13.2. The fourth-order valence-electron chi connectivity index (χ4n) is 9.43. The third-order valence-corrected chi connectivity index (χ3v) is 13.4. The zero-order valence-corrected chi connectivity index (χ0v) is 33.5. The molecule has 286 valence electrons. The minimum absolute atomic E-state index is 0.124. The molecular formula is C55H33N3O2S. The number of hydrogen-bond donors (Lipinski definition) is 0. The summed E-state index contributed by atoms with van der Waals surface area (Å²) in [6.45, 7) is 0. The molecule has 1 aliphatic carbocycles. The summed E-state index contributed by atoms with van der Waals surface area (Å²) >= 11 is 1.84. The van der Waals surface area contributed by atoms with E-state index in [1.54, 1.807) is 0 Å². The Morgan fingerprint density at radius 2 is 1.15 bits per heavy atom. The van der Waals surface area contributed by atoms with Gasteiger partial charge in [0.05, 0.1) is 0 Å². The van der Waals surface area contributed by atoms with E-state index in [9.17, 15) is 0 Å². The second kappa shape index (κ2) is 13.4. The van der Waals surface area contributed by atoms with Crippen LogP contribution in [-0.4, -0.2) is 15.0 Å². The number of aromatic nitrogens is 3. The van der Waals surface area contributed by atoms with Crippen LogP contribution < -0.4 is 10.4 Å². The van der Waals surface area contributed by atoms with Crippen LogP contribution >= 0.6 is 11.3 Å². The summed E-state index contributed by atoms with van der Waals surface area (Å²) < 4.78 is 15.7. The number of para-hydroxylation sites is 2. The van der Waals surface area contributed by atoms with E-state index in [0.717, 1.165) is 82.7 Å². The topological polar surface area (TPSA) is 65.0 Å². The fourth-order valence-corrected chi connectivity index (χ4v) is 10.6. The minimum atomic E-state index is -0.124. The van der Waals surface area contributed by atoms with Crippen LogP contribution in [0.5, 0.6) is 0 Å². The van der Waals surface area contributed by atoms with Gasteiger partial charge in [-0.3, -0.25) is 0 Å². The Kier molecular flexibility index (Phi) is 7.53. The highest BCUT2D eigenvalue weighted by molar-refractivity contribution is 7.25. The highest BCUT2D eigenvalue weighted by Gasteiger charge is 2.25. The Morgan fingerprint density at radius 3 is 2.08 bits per heavy atom. The number of fused-ring (bicyclic) bond motifs is 10. The average molecular weight is 800 g/mol. The van der Waals surface area contributed by atoms with E-state index in [2.05, 4.69) is 146 Å². The van der Waals surface area contributed by atoms with Crippen LogP contribution in [0.15, 0.2) is 185 Å². The van der Waals surface area contributed by atoms with Gasteiger partial charge in [-0.15, -0.1) is 11.3 Å². The lowest BCUT2D eigenvalue weighted by molar-refractivity contribution is 0.669. The van der Waals surface area contributed by atoms with E-state index in [0.29, 0.717) is 18.1 Å². The van der Waals surface area contributed by atoms with Gasteiger partial charge in [-0.2, -0.15) is 0 Å². The first-order valence-electron chi connectivity index (χ1n) is 20.6. The molecule has 6 heteroatoms. The molecule has 5 nitrogen and oxygen atoms in total. The first-order valence-corrected chi connectivity index (χ1v) is 21.4. The summed E-state index contributed by atoms with van der Waals surface area (Å²) in [4.78, 5) is 15.6. The van der Waals surface area contributed by atoms with Crippen molar-refractivity contribution in [2.75, 3.05) is 0 Å². The Hall–Kier alpha value is -7.67. The third kappa shape index (κ3) is 5.49. The van der Waals surface area contributed by atoms with Crippen LogP contribution in [0, 0.1) is 0 Å². The minimum Gasteiger partial charge on any atom is -0.456 e. The largest absolute Gasteiger partial charge is 0.456 e. The summed E-state index contributed by atoms with van der Waals surface area (Å²) in [6.07, 6.45) is 3.02. The lowest BCUT2D eigenvalue weighted by Gasteiger charge is -2.21. The van der Waals surface area contributed by atoms with Crippen molar-refractivity contribution in [1.29, 1.82) is 0 Å². The van der Waals surface area contributed by atoms with Gasteiger partial charge in [0.1, 0.15) is 28.2 Å². The first kappa shape index (κ1) is 34.2. The van der Waals surface area contributed by atoms with Crippen molar-refractivity contribution in [2.24, 2.45) is 0 Å².